The Hall–Kier alpha value is -3.32. The van der Waals surface area contributed by atoms with Crippen LogP contribution in [0.25, 0.3) is 22.3 Å². The maximum absolute atomic E-state index is 13.1. The predicted octanol–water partition coefficient (Wildman–Crippen LogP) is 4.90. The topological polar surface area (TPSA) is 99.1 Å². The minimum absolute atomic E-state index is 0.197. The summed E-state index contributed by atoms with van der Waals surface area (Å²) in [5.74, 6) is -1.31. The lowest BCUT2D eigenvalue weighted by Crippen LogP contribution is -2.35. The first-order valence-electron chi connectivity index (χ1n) is 10.2. The van der Waals surface area contributed by atoms with Crippen LogP contribution >= 0.6 is 23.1 Å². The molecule has 4 heterocycles. The Morgan fingerprint density at radius 2 is 1.94 bits per heavy atom. The number of hydrazone groups is 1. The standard InChI is InChI=1S/C21H16F3N7OS2/c1-3-4-14-28-30-13(15(26-19(30)33-14)11-7-5-10(2)6-8-11)9-12-16(25)31-20(27-17(12)32)34-18(29-31)21(22,23)24/h5-9,25H,3-4H2,1-2H3/b12-9-,25-16?. The molecule has 0 unspecified atom stereocenters. The molecule has 174 valence electrons. The Morgan fingerprint density at radius 1 is 1.21 bits per heavy atom. The van der Waals surface area contributed by atoms with Gasteiger partial charge in [-0.15, -0.1) is 0 Å². The minimum atomic E-state index is -4.70. The van der Waals surface area contributed by atoms with E-state index in [1.54, 1.807) is 4.52 Å². The van der Waals surface area contributed by atoms with Crippen molar-refractivity contribution in [1.29, 1.82) is 5.41 Å². The number of benzene rings is 1. The molecule has 2 aliphatic rings. The van der Waals surface area contributed by atoms with E-state index in [9.17, 15) is 18.0 Å². The van der Waals surface area contributed by atoms with E-state index in [1.165, 1.54) is 17.4 Å². The van der Waals surface area contributed by atoms with Crippen molar-refractivity contribution in [3.05, 3.63) is 46.1 Å². The first-order valence-corrected chi connectivity index (χ1v) is 11.8. The number of hydrogen-bond acceptors (Lipinski definition) is 7. The summed E-state index contributed by atoms with van der Waals surface area (Å²) in [6.07, 6.45) is -1.65. The van der Waals surface area contributed by atoms with Gasteiger partial charge in [-0.05, 0) is 31.2 Å². The van der Waals surface area contributed by atoms with Crippen LogP contribution in [0.2, 0.25) is 0 Å². The predicted molar refractivity (Wildman–Crippen MR) is 126 cm³/mol. The van der Waals surface area contributed by atoms with E-state index in [2.05, 4.69) is 15.2 Å². The molecule has 1 N–H and O–H groups in total. The molecule has 5 rings (SSSR count). The quantitative estimate of drug-likeness (QED) is 0.511. The lowest BCUT2D eigenvalue weighted by Gasteiger charge is -2.20. The number of carbonyl (C=O) groups is 1. The summed E-state index contributed by atoms with van der Waals surface area (Å²) in [4.78, 5) is 21.8. The summed E-state index contributed by atoms with van der Waals surface area (Å²) in [5, 5.41) is 16.6. The fourth-order valence-corrected chi connectivity index (χ4v) is 5.18. The number of aryl methyl sites for hydroxylation is 2. The van der Waals surface area contributed by atoms with E-state index in [4.69, 9.17) is 10.4 Å². The number of fused-ring (bicyclic) bond motifs is 2. The molecule has 1 aromatic carbocycles. The highest BCUT2D eigenvalue weighted by molar-refractivity contribution is 8.27. The van der Waals surface area contributed by atoms with Crippen LogP contribution < -0.4 is 0 Å². The third kappa shape index (κ3) is 3.84. The molecule has 0 atom stereocenters. The normalized spacial score (nSPS) is 17.6. The zero-order chi connectivity index (χ0) is 24.2. The molecular weight excluding hydrogens is 487 g/mol. The van der Waals surface area contributed by atoms with Gasteiger partial charge in [0.25, 0.3) is 5.91 Å². The maximum atomic E-state index is 13.1. The number of imidazole rings is 1. The van der Waals surface area contributed by atoms with Crippen LogP contribution in [0, 0.1) is 12.3 Å². The van der Waals surface area contributed by atoms with E-state index < -0.39 is 23.0 Å². The average molecular weight is 504 g/mol. The molecule has 1 amide bonds. The van der Waals surface area contributed by atoms with Crippen LogP contribution in [0.5, 0.6) is 0 Å². The van der Waals surface area contributed by atoms with Crippen molar-refractivity contribution in [2.24, 2.45) is 10.1 Å². The number of aromatic nitrogens is 3. The number of aliphatic imine (C=N–C) groups is 1. The number of carbonyl (C=O) groups excluding carboxylic acids is 1. The van der Waals surface area contributed by atoms with Crippen LogP contribution in [0.4, 0.5) is 13.2 Å². The van der Waals surface area contributed by atoms with Gasteiger partial charge in [0.05, 0.1) is 17.0 Å². The highest BCUT2D eigenvalue weighted by Gasteiger charge is 2.46. The molecule has 0 spiro atoms. The Balaban J connectivity index is 1.65. The van der Waals surface area contributed by atoms with Crippen molar-refractivity contribution in [3.63, 3.8) is 0 Å². The lowest BCUT2D eigenvalue weighted by atomic mass is 10.1. The molecule has 0 fully saturated rings. The maximum Gasteiger partial charge on any atom is 0.441 e. The minimum Gasteiger partial charge on any atom is -0.282 e. The van der Waals surface area contributed by atoms with E-state index in [-0.39, 0.29) is 22.5 Å². The highest BCUT2D eigenvalue weighted by Crippen LogP contribution is 2.36. The van der Waals surface area contributed by atoms with Crippen molar-refractivity contribution >= 4 is 56.1 Å². The van der Waals surface area contributed by atoms with E-state index in [0.29, 0.717) is 16.3 Å². The van der Waals surface area contributed by atoms with Gasteiger partial charge in [-0.1, -0.05) is 48.1 Å². The number of amidine groups is 2. The Kier molecular flexibility index (Phi) is 5.40. The van der Waals surface area contributed by atoms with Gasteiger partial charge in [0.2, 0.25) is 15.2 Å². The molecular formula is C21H16F3N7OS2. The summed E-state index contributed by atoms with van der Waals surface area (Å²) >= 11 is 1.64. The second-order valence-corrected chi connectivity index (χ2v) is 9.57. The van der Waals surface area contributed by atoms with Gasteiger partial charge in [-0.3, -0.25) is 10.2 Å². The zero-order valence-corrected chi connectivity index (χ0v) is 19.5. The number of nitrogens with one attached hydrogen (secondary N) is 1. The van der Waals surface area contributed by atoms with Crippen LogP contribution in [-0.2, 0) is 11.2 Å². The summed E-state index contributed by atoms with van der Waals surface area (Å²) in [6.45, 7) is 3.99. The monoisotopic (exact) mass is 503 g/mol. The molecule has 13 heteroatoms. The molecule has 3 aromatic rings. The van der Waals surface area contributed by atoms with Gasteiger partial charge < -0.3 is 0 Å². The number of hydrogen-bond donors (Lipinski definition) is 1. The summed E-state index contributed by atoms with van der Waals surface area (Å²) < 4.78 is 40.9. The Bertz CT molecular complexity index is 1430. The summed E-state index contributed by atoms with van der Waals surface area (Å²) in [6, 6.07) is 7.62. The third-order valence-corrected chi connectivity index (χ3v) is 6.97. The van der Waals surface area contributed by atoms with Gasteiger partial charge in [-0.2, -0.15) is 33.4 Å². The van der Waals surface area contributed by atoms with Gasteiger partial charge in [0.1, 0.15) is 5.01 Å². The van der Waals surface area contributed by atoms with Crippen molar-refractivity contribution < 1.29 is 18.0 Å². The van der Waals surface area contributed by atoms with Crippen LogP contribution in [0.3, 0.4) is 0 Å². The second-order valence-electron chi connectivity index (χ2n) is 7.57. The molecule has 0 saturated heterocycles. The molecule has 34 heavy (non-hydrogen) atoms. The fourth-order valence-electron chi connectivity index (χ4n) is 3.42. The van der Waals surface area contributed by atoms with Crippen LogP contribution in [-0.4, -0.2) is 47.7 Å². The van der Waals surface area contributed by atoms with Crippen molar-refractivity contribution in [2.75, 3.05) is 0 Å². The smallest absolute Gasteiger partial charge is 0.282 e. The molecule has 0 aliphatic carbocycles. The van der Waals surface area contributed by atoms with E-state index >= 15 is 0 Å². The largest absolute Gasteiger partial charge is 0.441 e. The fraction of sp³-hybridized carbons (Fsp3) is 0.238. The number of thioether (sulfide) groups is 1. The molecule has 2 aromatic heterocycles. The molecule has 8 nitrogen and oxygen atoms in total. The number of alkyl halides is 3. The molecule has 0 radical (unpaired) electrons. The Labute approximate surface area is 199 Å². The number of amides is 1. The van der Waals surface area contributed by atoms with Crippen LogP contribution in [0.15, 0.2) is 39.9 Å². The van der Waals surface area contributed by atoms with Crippen LogP contribution in [0.1, 0.15) is 29.6 Å². The summed E-state index contributed by atoms with van der Waals surface area (Å²) in [7, 11) is 0. The number of rotatable bonds is 4. The molecule has 0 saturated carbocycles. The zero-order valence-electron chi connectivity index (χ0n) is 17.8. The van der Waals surface area contributed by atoms with Gasteiger partial charge >= 0.3 is 6.18 Å². The summed E-state index contributed by atoms with van der Waals surface area (Å²) in [5.41, 5.74) is 2.62. The number of halogens is 3. The van der Waals surface area contributed by atoms with E-state index in [1.807, 2.05) is 38.1 Å². The van der Waals surface area contributed by atoms with Crippen molar-refractivity contribution in [2.45, 2.75) is 32.9 Å². The van der Waals surface area contributed by atoms with Crippen molar-refractivity contribution in [3.8, 4) is 11.3 Å². The Morgan fingerprint density at radius 3 is 2.62 bits per heavy atom. The second kappa shape index (κ2) is 8.17. The van der Waals surface area contributed by atoms with Gasteiger partial charge in [0.15, 0.2) is 5.84 Å². The first-order chi connectivity index (χ1) is 16.2. The average Bonchev–Trinajstić information content (AvgIpc) is 3.45. The lowest BCUT2D eigenvalue weighted by molar-refractivity contribution is -0.114. The SMILES string of the molecule is CCCc1nn2c(/C=C3/C(=N)N4N=C(C(F)(F)F)SC4=NC3=O)c(-c3ccc(C)cc3)nc2s1. The third-order valence-electron chi connectivity index (χ3n) is 5.05. The molecule has 2 aliphatic heterocycles. The highest BCUT2D eigenvalue weighted by atomic mass is 32.2. The van der Waals surface area contributed by atoms with E-state index in [0.717, 1.165) is 34.0 Å². The molecule has 0 bridgehead atoms. The first kappa shape index (κ1) is 22.5. The van der Waals surface area contributed by atoms with Gasteiger partial charge in [-0.25, -0.2) is 9.50 Å². The number of nitrogens with zero attached hydrogens (tertiary/aromatic N) is 6. The van der Waals surface area contributed by atoms with Gasteiger partial charge in [0, 0.05) is 12.0 Å². The van der Waals surface area contributed by atoms with Crippen molar-refractivity contribution in [1.82, 2.24) is 19.6 Å².